The second-order valence-electron chi connectivity index (χ2n) is 8.15. The molecule has 32 heavy (non-hydrogen) atoms. The summed E-state index contributed by atoms with van der Waals surface area (Å²) < 4.78 is 5.47. The van der Waals surface area contributed by atoms with E-state index in [0.29, 0.717) is 39.0 Å². The number of rotatable bonds is 13. The highest BCUT2D eigenvalue weighted by Gasteiger charge is 2.14. The molecule has 0 aromatic heterocycles. The van der Waals surface area contributed by atoms with Gasteiger partial charge in [-0.2, -0.15) is 0 Å². The molecule has 174 valence electrons. The van der Waals surface area contributed by atoms with Gasteiger partial charge in [-0.1, -0.05) is 48.5 Å². The average molecular weight is 440 g/mol. The summed E-state index contributed by atoms with van der Waals surface area (Å²) >= 11 is 0. The van der Waals surface area contributed by atoms with Crippen molar-refractivity contribution in [3.63, 3.8) is 0 Å². The lowest BCUT2D eigenvalue weighted by Gasteiger charge is -2.22. The van der Waals surface area contributed by atoms with Gasteiger partial charge in [0.2, 0.25) is 5.91 Å². The van der Waals surface area contributed by atoms with E-state index >= 15 is 0 Å². The van der Waals surface area contributed by atoms with E-state index in [0.717, 1.165) is 24.8 Å². The number of ether oxygens (including phenoxy) is 1. The first-order chi connectivity index (χ1) is 15.5. The van der Waals surface area contributed by atoms with Crippen LogP contribution in [-0.2, 0) is 22.6 Å². The van der Waals surface area contributed by atoms with Gasteiger partial charge < -0.3 is 20.7 Å². The Morgan fingerprint density at radius 1 is 0.938 bits per heavy atom. The van der Waals surface area contributed by atoms with E-state index in [4.69, 9.17) is 10.5 Å². The van der Waals surface area contributed by atoms with Crippen molar-refractivity contribution in [2.24, 2.45) is 5.73 Å². The summed E-state index contributed by atoms with van der Waals surface area (Å²) in [6.07, 6.45) is 3.23. The highest BCUT2D eigenvalue weighted by molar-refractivity contribution is 5.76. The third-order valence-corrected chi connectivity index (χ3v) is 5.48. The van der Waals surface area contributed by atoms with Gasteiger partial charge in [-0.15, -0.1) is 0 Å². The molecular formula is C26H37N3O3. The van der Waals surface area contributed by atoms with Crippen molar-refractivity contribution in [3.8, 4) is 0 Å². The molecule has 0 aliphatic rings. The number of hydrogen-bond acceptors (Lipinski definition) is 4. The molecule has 0 saturated carbocycles. The minimum absolute atomic E-state index is 0.0320. The lowest BCUT2D eigenvalue weighted by molar-refractivity contribution is -0.121. The van der Waals surface area contributed by atoms with Crippen LogP contribution in [0.25, 0.3) is 0 Å². The summed E-state index contributed by atoms with van der Waals surface area (Å²) in [5.41, 5.74) is 10.2. The van der Waals surface area contributed by atoms with Gasteiger partial charge in [0, 0.05) is 26.1 Å². The SMILES string of the molecule is Cc1ccc(CCC(=O)NCCCN(CCCCN)C(=O)OCc2ccccc2)cc1C. The number of aryl methyl sites for hydroxylation is 3. The molecule has 3 N–H and O–H groups in total. The van der Waals surface area contributed by atoms with Crippen molar-refractivity contribution >= 4 is 12.0 Å². The Labute approximate surface area is 192 Å². The van der Waals surface area contributed by atoms with E-state index in [2.05, 4.69) is 37.4 Å². The van der Waals surface area contributed by atoms with E-state index in [1.54, 1.807) is 4.90 Å². The number of nitrogens with zero attached hydrogens (tertiary/aromatic N) is 1. The maximum absolute atomic E-state index is 12.5. The van der Waals surface area contributed by atoms with Crippen molar-refractivity contribution in [1.82, 2.24) is 10.2 Å². The Hall–Kier alpha value is -2.86. The van der Waals surface area contributed by atoms with Gasteiger partial charge in [0.1, 0.15) is 6.61 Å². The number of nitrogens with two attached hydrogens (primary N) is 1. The first kappa shape index (κ1) is 25.4. The molecule has 2 aromatic rings. The summed E-state index contributed by atoms with van der Waals surface area (Å²) in [6, 6.07) is 16.0. The first-order valence-corrected chi connectivity index (χ1v) is 11.5. The topological polar surface area (TPSA) is 84.7 Å². The maximum atomic E-state index is 12.5. The van der Waals surface area contributed by atoms with Crippen molar-refractivity contribution < 1.29 is 14.3 Å². The molecule has 0 fully saturated rings. The smallest absolute Gasteiger partial charge is 0.410 e. The summed E-state index contributed by atoms with van der Waals surface area (Å²) in [5.74, 6) is 0.0320. The molecular weight excluding hydrogens is 402 g/mol. The summed E-state index contributed by atoms with van der Waals surface area (Å²) in [4.78, 5) is 26.4. The maximum Gasteiger partial charge on any atom is 0.410 e. The number of benzene rings is 2. The van der Waals surface area contributed by atoms with E-state index in [1.165, 1.54) is 16.7 Å². The van der Waals surface area contributed by atoms with Gasteiger partial charge in [-0.25, -0.2) is 4.79 Å². The van der Waals surface area contributed by atoms with Crippen LogP contribution < -0.4 is 11.1 Å². The molecule has 0 radical (unpaired) electrons. The van der Waals surface area contributed by atoms with Gasteiger partial charge in [0.15, 0.2) is 0 Å². The monoisotopic (exact) mass is 439 g/mol. The van der Waals surface area contributed by atoms with Crippen LogP contribution in [0, 0.1) is 13.8 Å². The fourth-order valence-corrected chi connectivity index (χ4v) is 3.35. The molecule has 6 nitrogen and oxygen atoms in total. The average Bonchev–Trinajstić information content (AvgIpc) is 2.80. The normalized spacial score (nSPS) is 10.6. The number of carbonyl (C=O) groups is 2. The van der Waals surface area contributed by atoms with Gasteiger partial charge >= 0.3 is 6.09 Å². The lowest BCUT2D eigenvalue weighted by Crippen LogP contribution is -2.35. The first-order valence-electron chi connectivity index (χ1n) is 11.5. The van der Waals surface area contributed by atoms with Crippen LogP contribution in [0.3, 0.4) is 0 Å². The number of hydrogen-bond donors (Lipinski definition) is 2. The third-order valence-electron chi connectivity index (χ3n) is 5.48. The van der Waals surface area contributed by atoms with Crippen LogP contribution >= 0.6 is 0 Å². The third kappa shape index (κ3) is 9.52. The molecule has 2 rings (SSSR count). The minimum Gasteiger partial charge on any atom is -0.445 e. The number of carbonyl (C=O) groups excluding carboxylic acids is 2. The highest BCUT2D eigenvalue weighted by Crippen LogP contribution is 2.11. The van der Waals surface area contributed by atoms with E-state index < -0.39 is 0 Å². The van der Waals surface area contributed by atoms with Crippen molar-refractivity contribution in [2.75, 3.05) is 26.2 Å². The Balaban J connectivity index is 1.71. The van der Waals surface area contributed by atoms with Crippen LogP contribution in [0.15, 0.2) is 48.5 Å². The van der Waals surface area contributed by atoms with Gasteiger partial charge in [-0.3, -0.25) is 4.79 Å². The fourth-order valence-electron chi connectivity index (χ4n) is 3.35. The standard InChI is InChI=1S/C26H37N3O3/c1-21-11-12-23(19-22(21)2)13-14-25(30)28-16-8-18-29(17-7-6-15-27)26(31)32-20-24-9-4-3-5-10-24/h3-5,9-12,19H,6-8,13-18,20,27H2,1-2H3,(H,28,30). The molecule has 6 heteroatoms. The van der Waals surface area contributed by atoms with Crippen molar-refractivity contribution in [3.05, 3.63) is 70.8 Å². The van der Waals surface area contributed by atoms with Crippen molar-refractivity contribution in [2.45, 2.75) is 52.6 Å². The second kappa shape index (κ2) is 14.2. The zero-order valence-electron chi connectivity index (χ0n) is 19.4. The summed E-state index contributed by atoms with van der Waals surface area (Å²) in [6.45, 7) is 6.70. The van der Waals surface area contributed by atoms with Crippen LogP contribution in [0.2, 0.25) is 0 Å². The van der Waals surface area contributed by atoms with Gasteiger partial charge in [0.05, 0.1) is 0 Å². The van der Waals surface area contributed by atoms with Crippen LogP contribution in [-0.4, -0.2) is 43.1 Å². The number of amides is 2. The van der Waals surface area contributed by atoms with Crippen LogP contribution in [0.4, 0.5) is 4.79 Å². The summed E-state index contributed by atoms with van der Waals surface area (Å²) in [7, 11) is 0. The number of unbranched alkanes of at least 4 members (excludes halogenated alkanes) is 1. The molecule has 0 unspecified atom stereocenters. The quantitative estimate of drug-likeness (QED) is 0.460. The molecule has 0 atom stereocenters. The predicted octanol–water partition coefficient (Wildman–Crippen LogP) is 4.12. The Kier molecular flexibility index (Phi) is 11.3. The fraction of sp³-hybridized carbons (Fsp3) is 0.462. The molecule has 2 amide bonds. The van der Waals surface area contributed by atoms with Crippen molar-refractivity contribution in [1.29, 1.82) is 0 Å². The molecule has 2 aromatic carbocycles. The Morgan fingerprint density at radius 2 is 1.69 bits per heavy atom. The number of nitrogens with one attached hydrogen (secondary N) is 1. The highest BCUT2D eigenvalue weighted by atomic mass is 16.6. The predicted molar refractivity (Wildman–Crippen MR) is 128 cm³/mol. The molecule has 0 bridgehead atoms. The largest absolute Gasteiger partial charge is 0.445 e. The van der Waals surface area contributed by atoms with E-state index in [-0.39, 0.29) is 18.6 Å². The Bertz CT molecular complexity index is 839. The molecule has 0 saturated heterocycles. The Morgan fingerprint density at radius 3 is 2.41 bits per heavy atom. The second-order valence-corrected chi connectivity index (χ2v) is 8.15. The van der Waals surface area contributed by atoms with E-state index in [1.807, 2.05) is 30.3 Å². The summed E-state index contributed by atoms with van der Waals surface area (Å²) in [5, 5.41) is 2.96. The zero-order chi connectivity index (χ0) is 23.2. The molecule has 0 spiro atoms. The van der Waals surface area contributed by atoms with Gasteiger partial charge in [-0.05, 0) is 68.3 Å². The van der Waals surface area contributed by atoms with Crippen LogP contribution in [0.1, 0.15) is 47.9 Å². The van der Waals surface area contributed by atoms with Gasteiger partial charge in [0.25, 0.3) is 0 Å². The molecule has 0 aliphatic carbocycles. The molecule has 0 heterocycles. The minimum atomic E-state index is -0.327. The zero-order valence-corrected chi connectivity index (χ0v) is 19.4. The van der Waals surface area contributed by atoms with Crippen LogP contribution in [0.5, 0.6) is 0 Å². The lowest BCUT2D eigenvalue weighted by atomic mass is 10.0. The molecule has 0 aliphatic heterocycles. The van der Waals surface area contributed by atoms with E-state index in [9.17, 15) is 9.59 Å².